The van der Waals surface area contributed by atoms with E-state index < -0.39 is 28.2 Å². The molecule has 0 bridgehead atoms. The largest absolute Gasteiger partial charge is 0.333 e. The predicted octanol–water partition coefficient (Wildman–Crippen LogP) is 2.10. The van der Waals surface area contributed by atoms with Crippen LogP contribution < -0.4 is 0 Å². The molecule has 1 aromatic rings. The van der Waals surface area contributed by atoms with Gasteiger partial charge in [0.05, 0.1) is 12.3 Å². The fourth-order valence-corrected chi connectivity index (χ4v) is 3.26. The standard InChI is InChI=1S/C14H17F2NO3S/c1-21(19,20)9-11-5-2-3-6-12(11)13(18)17-8-4-7-14(15,16)10-17/h2-3,5-6H,4,7-10H2,1H3. The number of carbonyl (C=O) groups is 1. The van der Waals surface area contributed by atoms with Gasteiger partial charge in [-0.05, 0) is 18.1 Å². The lowest BCUT2D eigenvalue weighted by atomic mass is 10.0. The maximum Gasteiger partial charge on any atom is 0.265 e. The van der Waals surface area contributed by atoms with Gasteiger partial charge in [0.1, 0.15) is 0 Å². The first-order valence-corrected chi connectivity index (χ1v) is 8.67. The van der Waals surface area contributed by atoms with Crippen molar-refractivity contribution in [2.75, 3.05) is 19.3 Å². The first kappa shape index (κ1) is 15.9. The van der Waals surface area contributed by atoms with E-state index in [2.05, 4.69) is 0 Å². The van der Waals surface area contributed by atoms with Crippen molar-refractivity contribution in [2.45, 2.75) is 24.5 Å². The zero-order valence-electron chi connectivity index (χ0n) is 11.7. The third-order valence-electron chi connectivity index (χ3n) is 3.35. The topological polar surface area (TPSA) is 54.5 Å². The zero-order valence-corrected chi connectivity index (χ0v) is 12.5. The molecule has 0 aliphatic carbocycles. The predicted molar refractivity (Wildman–Crippen MR) is 75.1 cm³/mol. The van der Waals surface area contributed by atoms with Gasteiger partial charge in [-0.1, -0.05) is 18.2 Å². The normalized spacial score (nSPS) is 18.5. The highest BCUT2D eigenvalue weighted by atomic mass is 32.2. The second-order valence-electron chi connectivity index (χ2n) is 5.41. The van der Waals surface area contributed by atoms with Gasteiger partial charge in [0.2, 0.25) is 0 Å². The fraction of sp³-hybridized carbons (Fsp3) is 0.500. The summed E-state index contributed by atoms with van der Waals surface area (Å²) in [5.41, 5.74) is 0.527. The van der Waals surface area contributed by atoms with Crippen LogP contribution >= 0.6 is 0 Å². The average Bonchev–Trinajstić information content (AvgIpc) is 2.35. The highest BCUT2D eigenvalue weighted by Crippen LogP contribution is 2.28. The third-order valence-corrected chi connectivity index (χ3v) is 4.18. The van der Waals surface area contributed by atoms with E-state index in [9.17, 15) is 22.0 Å². The number of amides is 1. The molecule has 4 nitrogen and oxygen atoms in total. The summed E-state index contributed by atoms with van der Waals surface area (Å²) in [6.07, 6.45) is 1.10. The minimum Gasteiger partial charge on any atom is -0.333 e. The van der Waals surface area contributed by atoms with E-state index in [1.54, 1.807) is 12.1 Å². The lowest BCUT2D eigenvalue weighted by Crippen LogP contribution is -2.45. The van der Waals surface area contributed by atoms with Gasteiger partial charge < -0.3 is 4.90 Å². The Morgan fingerprint density at radius 3 is 2.62 bits per heavy atom. The van der Waals surface area contributed by atoms with Crippen molar-refractivity contribution < 1.29 is 22.0 Å². The third kappa shape index (κ3) is 4.23. The van der Waals surface area contributed by atoms with Crippen molar-refractivity contribution in [1.29, 1.82) is 0 Å². The van der Waals surface area contributed by atoms with Gasteiger partial charge in [-0.3, -0.25) is 4.79 Å². The zero-order chi connectivity index (χ0) is 15.7. The van der Waals surface area contributed by atoms with Crippen LogP contribution in [0.25, 0.3) is 0 Å². The number of piperidine rings is 1. The first-order chi connectivity index (χ1) is 9.68. The van der Waals surface area contributed by atoms with Crippen LogP contribution in [0.15, 0.2) is 24.3 Å². The number of hydrogen-bond acceptors (Lipinski definition) is 3. The highest BCUT2D eigenvalue weighted by Gasteiger charge is 2.37. The second kappa shape index (κ2) is 5.71. The number of carbonyl (C=O) groups excluding carboxylic acids is 1. The summed E-state index contributed by atoms with van der Waals surface area (Å²) in [6, 6.07) is 6.25. The summed E-state index contributed by atoms with van der Waals surface area (Å²) < 4.78 is 49.6. The molecule has 7 heteroatoms. The van der Waals surface area contributed by atoms with Crippen molar-refractivity contribution in [3.63, 3.8) is 0 Å². The number of likely N-dealkylation sites (tertiary alicyclic amines) is 1. The minimum absolute atomic E-state index is 0.181. The molecule has 0 unspecified atom stereocenters. The molecule has 0 spiro atoms. The quantitative estimate of drug-likeness (QED) is 0.858. The van der Waals surface area contributed by atoms with Crippen LogP contribution in [0.5, 0.6) is 0 Å². The van der Waals surface area contributed by atoms with Crippen LogP contribution in [0.2, 0.25) is 0 Å². The number of nitrogens with zero attached hydrogens (tertiary/aromatic N) is 1. The van der Waals surface area contributed by atoms with Crippen molar-refractivity contribution in [3.8, 4) is 0 Å². The molecule has 0 aromatic heterocycles. The molecular formula is C14H17F2NO3S. The fourth-order valence-electron chi connectivity index (χ4n) is 2.45. The Bertz CT molecular complexity index is 643. The molecule has 0 atom stereocenters. The molecule has 1 aliphatic rings. The molecule has 116 valence electrons. The Kier molecular flexibility index (Phi) is 4.32. The molecule has 1 aliphatic heterocycles. The van der Waals surface area contributed by atoms with Crippen LogP contribution in [0.4, 0.5) is 8.78 Å². The second-order valence-corrected chi connectivity index (χ2v) is 7.55. The van der Waals surface area contributed by atoms with Crippen LogP contribution in [0.3, 0.4) is 0 Å². The number of sulfone groups is 1. The van der Waals surface area contributed by atoms with E-state index >= 15 is 0 Å². The molecule has 0 saturated carbocycles. The lowest BCUT2D eigenvalue weighted by Gasteiger charge is -2.32. The molecule has 1 aromatic carbocycles. The average molecular weight is 317 g/mol. The Labute approximate surface area is 122 Å². The van der Waals surface area contributed by atoms with Crippen molar-refractivity contribution in [2.24, 2.45) is 0 Å². The summed E-state index contributed by atoms with van der Waals surface area (Å²) in [5, 5.41) is 0. The van der Waals surface area contributed by atoms with E-state index in [0.717, 1.165) is 11.2 Å². The monoisotopic (exact) mass is 317 g/mol. The molecular weight excluding hydrogens is 300 g/mol. The van der Waals surface area contributed by atoms with Gasteiger partial charge in [-0.25, -0.2) is 17.2 Å². The molecule has 1 saturated heterocycles. The maximum absolute atomic E-state index is 13.4. The summed E-state index contributed by atoms with van der Waals surface area (Å²) in [5.74, 6) is -3.69. The Morgan fingerprint density at radius 1 is 1.33 bits per heavy atom. The summed E-state index contributed by atoms with van der Waals surface area (Å²) in [7, 11) is -3.31. The Hall–Kier alpha value is -1.50. The summed E-state index contributed by atoms with van der Waals surface area (Å²) in [6.45, 7) is -0.347. The summed E-state index contributed by atoms with van der Waals surface area (Å²) >= 11 is 0. The number of halogens is 2. The maximum atomic E-state index is 13.4. The first-order valence-electron chi connectivity index (χ1n) is 6.61. The summed E-state index contributed by atoms with van der Waals surface area (Å²) in [4.78, 5) is 13.5. The smallest absolute Gasteiger partial charge is 0.265 e. The lowest BCUT2D eigenvalue weighted by molar-refractivity contribution is -0.0560. The molecule has 1 heterocycles. The molecule has 0 radical (unpaired) electrons. The van der Waals surface area contributed by atoms with E-state index in [0.29, 0.717) is 5.56 Å². The van der Waals surface area contributed by atoms with Crippen LogP contribution in [0.1, 0.15) is 28.8 Å². The number of alkyl halides is 2. The molecule has 2 rings (SSSR count). The van der Waals surface area contributed by atoms with Crippen molar-refractivity contribution in [3.05, 3.63) is 35.4 Å². The Balaban J connectivity index is 2.27. The van der Waals surface area contributed by atoms with Crippen LogP contribution in [0, 0.1) is 0 Å². The molecule has 0 N–H and O–H groups in total. The van der Waals surface area contributed by atoms with E-state index in [1.165, 1.54) is 12.1 Å². The van der Waals surface area contributed by atoms with Gasteiger partial charge in [0.25, 0.3) is 11.8 Å². The SMILES string of the molecule is CS(=O)(=O)Cc1ccccc1C(=O)N1CCCC(F)(F)C1. The van der Waals surface area contributed by atoms with Gasteiger partial charge in [-0.2, -0.15) is 0 Å². The number of benzene rings is 1. The van der Waals surface area contributed by atoms with E-state index in [-0.39, 0.29) is 30.7 Å². The van der Waals surface area contributed by atoms with Gasteiger partial charge in [0, 0.05) is 24.8 Å². The van der Waals surface area contributed by atoms with Crippen LogP contribution in [-0.2, 0) is 15.6 Å². The highest BCUT2D eigenvalue weighted by molar-refractivity contribution is 7.89. The molecule has 1 fully saturated rings. The van der Waals surface area contributed by atoms with Crippen molar-refractivity contribution in [1.82, 2.24) is 4.90 Å². The van der Waals surface area contributed by atoms with Gasteiger partial charge in [0.15, 0.2) is 9.84 Å². The van der Waals surface area contributed by atoms with Gasteiger partial charge >= 0.3 is 0 Å². The van der Waals surface area contributed by atoms with E-state index in [1.807, 2.05) is 0 Å². The van der Waals surface area contributed by atoms with Crippen LogP contribution in [-0.4, -0.2) is 44.5 Å². The van der Waals surface area contributed by atoms with Crippen molar-refractivity contribution >= 4 is 15.7 Å². The molecule has 1 amide bonds. The minimum atomic E-state index is -3.31. The Morgan fingerprint density at radius 2 is 2.00 bits per heavy atom. The van der Waals surface area contributed by atoms with E-state index in [4.69, 9.17) is 0 Å². The van der Waals surface area contributed by atoms with Gasteiger partial charge in [-0.15, -0.1) is 0 Å². The number of rotatable bonds is 3. The number of hydrogen-bond donors (Lipinski definition) is 0. The molecule has 21 heavy (non-hydrogen) atoms.